The first-order chi connectivity index (χ1) is 8.54. The van der Waals surface area contributed by atoms with Crippen LogP contribution in [-0.4, -0.2) is 43.4 Å². The van der Waals surface area contributed by atoms with Crippen molar-refractivity contribution >= 4 is 21.4 Å². The van der Waals surface area contributed by atoms with Gasteiger partial charge in [0.25, 0.3) is 10.0 Å². The molecule has 0 bridgehead atoms. The molecule has 0 amide bonds. The molecule has 5 nitrogen and oxygen atoms in total. The van der Waals surface area contributed by atoms with Crippen molar-refractivity contribution in [3.8, 4) is 0 Å². The molecule has 0 spiro atoms. The average Bonchev–Trinajstić information content (AvgIpc) is 2.78. The van der Waals surface area contributed by atoms with E-state index in [2.05, 4.69) is 17.2 Å². The van der Waals surface area contributed by atoms with Crippen LogP contribution in [-0.2, 0) is 10.0 Å². The van der Waals surface area contributed by atoms with Gasteiger partial charge in [0, 0.05) is 19.1 Å². The fourth-order valence-electron chi connectivity index (χ4n) is 2.18. The van der Waals surface area contributed by atoms with Crippen LogP contribution < -0.4 is 5.32 Å². The number of aromatic nitrogens is 1. The minimum Gasteiger partial charge on any atom is -0.314 e. The number of thiazole rings is 1. The molecule has 0 aromatic carbocycles. The third kappa shape index (κ3) is 2.90. The minimum atomic E-state index is -3.32. The third-order valence-corrected chi connectivity index (χ3v) is 6.39. The second-order valence-corrected chi connectivity index (χ2v) is 7.83. The molecule has 18 heavy (non-hydrogen) atoms. The van der Waals surface area contributed by atoms with Gasteiger partial charge in [0.2, 0.25) is 0 Å². The molecule has 0 saturated carbocycles. The monoisotopic (exact) mass is 289 g/mol. The summed E-state index contributed by atoms with van der Waals surface area (Å²) in [6, 6.07) is 0.449. The van der Waals surface area contributed by atoms with E-state index in [-0.39, 0.29) is 0 Å². The molecule has 2 rings (SSSR count). The molecular formula is C11H19N3O2S2. The number of piperidine rings is 1. The molecule has 1 aliphatic rings. The van der Waals surface area contributed by atoms with Crippen molar-refractivity contribution in [1.82, 2.24) is 14.6 Å². The molecule has 1 fully saturated rings. The zero-order valence-electron chi connectivity index (χ0n) is 10.7. The number of nitrogens with one attached hydrogen (secondary N) is 1. The third-order valence-electron chi connectivity index (χ3n) is 3.14. The lowest BCUT2D eigenvalue weighted by molar-refractivity contribution is 0.292. The Morgan fingerprint density at radius 1 is 1.50 bits per heavy atom. The second kappa shape index (κ2) is 5.64. The van der Waals surface area contributed by atoms with Crippen molar-refractivity contribution in [3.63, 3.8) is 0 Å². The van der Waals surface area contributed by atoms with Gasteiger partial charge in [-0.1, -0.05) is 6.92 Å². The lowest BCUT2D eigenvalue weighted by Crippen LogP contribution is -2.44. The van der Waals surface area contributed by atoms with Gasteiger partial charge >= 0.3 is 0 Å². The molecule has 0 atom stereocenters. The highest BCUT2D eigenvalue weighted by Gasteiger charge is 2.30. The molecule has 0 aliphatic carbocycles. The number of sulfonamides is 1. The Bertz CT molecular complexity index is 490. The maximum atomic E-state index is 12.3. The Labute approximate surface area is 112 Å². The van der Waals surface area contributed by atoms with E-state index in [1.807, 2.05) is 6.92 Å². The summed E-state index contributed by atoms with van der Waals surface area (Å²) >= 11 is 1.24. The van der Waals surface area contributed by atoms with Crippen LogP contribution in [0.2, 0.25) is 0 Å². The first-order valence-corrected chi connectivity index (χ1v) is 8.45. The maximum Gasteiger partial charge on any atom is 0.254 e. The smallest absolute Gasteiger partial charge is 0.254 e. The summed E-state index contributed by atoms with van der Waals surface area (Å²) in [7, 11) is -3.32. The largest absolute Gasteiger partial charge is 0.314 e. The first kappa shape index (κ1) is 13.9. The predicted octanol–water partition coefficient (Wildman–Crippen LogP) is 1.21. The van der Waals surface area contributed by atoms with Crippen molar-refractivity contribution in [3.05, 3.63) is 11.2 Å². The van der Waals surface area contributed by atoms with Crippen molar-refractivity contribution in [2.24, 2.45) is 0 Å². The van der Waals surface area contributed by atoms with Gasteiger partial charge in [-0.15, -0.1) is 11.3 Å². The Morgan fingerprint density at radius 2 is 2.17 bits per heavy atom. The maximum absolute atomic E-state index is 12.3. The van der Waals surface area contributed by atoms with E-state index in [9.17, 15) is 8.42 Å². The van der Waals surface area contributed by atoms with Crippen LogP contribution in [0.25, 0.3) is 0 Å². The molecule has 1 aliphatic heterocycles. The quantitative estimate of drug-likeness (QED) is 0.905. The molecule has 1 N–H and O–H groups in total. The molecule has 1 aromatic rings. The molecule has 0 radical (unpaired) electrons. The zero-order chi connectivity index (χ0) is 13.2. The van der Waals surface area contributed by atoms with Gasteiger partial charge in [-0.3, -0.25) is 0 Å². The number of aryl methyl sites for hydroxylation is 1. The molecular weight excluding hydrogens is 270 g/mol. The van der Waals surface area contributed by atoms with Gasteiger partial charge in [-0.05, 0) is 26.3 Å². The van der Waals surface area contributed by atoms with Gasteiger partial charge < -0.3 is 5.32 Å². The van der Waals surface area contributed by atoms with Crippen molar-refractivity contribution in [2.75, 3.05) is 19.6 Å². The number of rotatable bonds is 4. The highest BCUT2D eigenvalue weighted by molar-refractivity contribution is 7.91. The van der Waals surface area contributed by atoms with Crippen LogP contribution in [0.4, 0.5) is 0 Å². The first-order valence-electron chi connectivity index (χ1n) is 6.20. The van der Waals surface area contributed by atoms with E-state index >= 15 is 0 Å². The summed E-state index contributed by atoms with van der Waals surface area (Å²) in [6.07, 6.45) is 3.22. The van der Waals surface area contributed by atoms with E-state index in [0.717, 1.165) is 24.4 Å². The summed E-state index contributed by atoms with van der Waals surface area (Å²) in [5.41, 5.74) is 0. The van der Waals surface area contributed by atoms with E-state index < -0.39 is 10.0 Å². The number of hydrogen-bond donors (Lipinski definition) is 1. The Morgan fingerprint density at radius 3 is 2.67 bits per heavy atom. The van der Waals surface area contributed by atoms with Crippen LogP contribution in [0, 0.1) is 6.92 Å². The van der Waals surface area contributed by atoms with Gasteiger partial charge in [-0.25, -0.2) is 13.4 Å². The number of hydrogen-bond acceptors (Lipinski definition) is 5. The average molecular weight is 289 g/mol. The molecule has 1 aromatic heterocycles. The Balaban J connectivity index is 2.05. The van der Waals surface area contributed by atoms with Gasteiger partial charge in [0.1, 0.15) is 0 Å². The van der Waals surface area contributed by atoms with Crippen LogP contribution in [0.1, 0.15) is 24.8 Å². The SMILES string of the molecule is CCNC1CCN(S(=O)(=O)c2cnc(C)s2)CC1. The molecule has 1 saturated heterocycles. The summed E-state index contributed by atoms with van der Waals surface area (Å²) in [5, 5.41) is 4.16. The van der Waals surface area contributed by atoms with E-state index in [4.69, 9.17) is 0 Å². The van der Waals surface area contributed by atoms with Crippen LogP contribution in [0.15, 0.2) is 10.4 Å². The predicted molar refractivity (Wildman–Crippen MR) is 72.3 cm³/mol. The van der Waals surface area contributed by atoms with E-state index in [1.165, 1.54) is 17.5 Å². The normalized spacial score (nSPS) is 19.2. The van der Waals surface area contributed by atoms with Crippen molar-refractivity contribution in [1.29, 1.82) is 0 Å². The second-order valence-electron chi connectivity index (χ2n) is 4.43. The summed E-state index contributed by atoms with van der Waals surface area (Å²) < 4.78 is 26.6. The fraction of sp³-hybridized carbons (Fsp3) is 0.727. The summed E-state index contributed by atoms with van der Waals surface area (Å²) in [5.74, 6) is 0. The topological polar surface area (TPSA) is 62.3 Å². The number of nitrogens with zero attached hydrogens (tertiary/aromatic N) is 2. The molecule has 0 unspecified atom stereocenters. The lowest BCUT2D eigenvalue weighted by Gasteiger charge is -2.31. The zero-order valence-corrected chi connectivity index (χ0v) is 12.4. The van der Waals surface area contributed by atoms with Crippen LogP contribution in [0.3, 0.4) is 0 Å². The summed E-state index contributed by atoms with van der Waals surface area (Å²) in [6.45, 7) is 6.02. The standard InChI is InChI=1S/C11H19N3O2S2/c1-3-12-10-4-6-14(7-5-10)18(15,16)11-8-13-9(2)17-11/h8,10,12H,3-7H2,1-2H3. The molecule has 7 heteroatoms. The molecule has 2 heterocycles. The van der Waals surface area contributed by atoms with Crippen LogP contribution >= 0.6 is 11.3 Å². The van der Waals surface area contributed by atoms with Gasteiger partial charge in [0.05, 0.1) is 11.2 Å². The van der Waals surface area contributed by atoms with Crippen LogP contribution in [0.5, 0.6) is 0 Å². The van der Waals surface area contributed by atoms with Gasteiger partial charge in [-0.2, -0.15) is 4.31 Å². The Kier molecular flexibility index (Phi) is 4.37. The van der Waals surface area contributed by atoms with E-state index in [0.29, 0.717) is 23.3 Å². The summed E-state index contributed by atoms with van der Waals surface area (Å²) in [4.78, 5) is 4.02. The highest BCUT2D eigenvalue weighted by Crippen LogP contribution is 2.24. The van der Waals surface area contributed by atoms with Crippen molar-refractivity contribution in [2.45, 2.75) is 36.9 Å². The van der Waals surface area contributed by atoms with Gasteiger partial charge in [0.15, 0.2) is 4.21 Å². The molecule has 102 valence electrons. The Hall–Kier alpha value is -0.500. The fourth-order valence-corrected chi connectivity index (χ4v) is 4.91. The highest BCUT2D eigenvalue weighted by atomic mass is 32.2. The lowest BCUT2D eigenvalue weighted by atomic mass is 10.1. The van der Waals surface area contributed by atoms with Crippen molar-refractivity contribution < 1.29 is 8.42 Å². The van der Waals surface area contributed by atoms with E-state index in [1.54, 1.807) is 4.31 Å². The minimum absolute atomic E-state index is 0.363.